The molecule has 0 radical (unpaired) electrons. The molecule has 1 aliphatic rings. The Morgan fingerprint density at radius 3 is 2.47 bits per heavy atom. The summed E-state index contributed by atoms with van der Waals surface area (Å²) in [7, 11) is 0. The highest BCUT2D eigenvalue weighted by atomic mass is 16.3. The molecule has 7 rings (SSSR count). The number of aromatic nitrogens is 5. The standard InChI is InChI=1S/C35H30N8O4/c36-32-26(3-2-14-37-32)33-40-29-13-12-28(27-4-1-5-31(46)38-27)39-34(29)43(33)25-10-6-22(7-11-25)20-41-15-17-42(18-16-41)35(47)23-8-9-24(21-44)30(45)19-23/h1-14,19,21,45H,15-18,20H2,(H2,36,37)(H,38,46). The summed E-state index contributed by atoms with van der Waals surface area (Å²) in [5.41, 5.74) is 11.7. The first-order valence-corrected chi connectivity index (χ1v) is 15.1. The zero-order chi connectivity index (χ0) is 32.5. The Balaban J connectivity index is 1.13. The Labute approximate surface area is 268 Å². The summed E-state index contributed by atoms with van der Waals surface area (Å²) >= 11 is 0. The molecule has 1 saturated heterocycles. The fourth-order valence-corrected chi connectivity index (χ4v) is 5.81. The summed E-state index contributed by atoms with van der Waals surface area (Å²) in [5.74, 6) is 0.575. The highest BCUT2D eigenvalue weighted by Gasteiger charge is 2.23. The second-order valence-corrected chi connectivity index (χ2v) is 11.3. The fourth-order valence-electron chi connectivity index (χ4n) is 5.81. The smallest absolute Gasteiger partial charge is 0.254 e. The van der Waals surface area contributed by atoms with Crippen molar-refractivity contribution in [3.63, 3.8) is 0 Å². The molecule has 4 aromatic heterocycles. The van der Waals surface area contributed by atoms with Crippen LogP contribution in [0, 0.1) is 0 Å². The number of aldehydes is 1. The fraction of sp³-hybridized carbons (Fsp3) is 0.143. The van der Waals surface area contributed by atoms with Crippen molar-refractivity contribution in [1.29, 1.82) is 0 Å². The van der Waals surface area contributed by atoms with Gasteiger partial charge in [0.05, 0.1) is 22.5 Å². The molecule has 1 aliphatic heterocycles. The molecule has 12 heteroatoms. The molecule has 0 spiro atoms. The number of aromatic hydroxyl groups is 1. The molecule has 12 nitrogen and oxygen atoms in total. The number of hydrogen-bond acceptors (Lipinski definition) is 9. The van der Waals surface area contributed by atoms with Crippen molar-refractivity contribution in [3.8, 4) is 34.2 Å². The molecule has 1 fully saturated rings. The number of anilines is 1. The summed E-state index contributed by atoms with van der Waals surface area (Å²) in [6, 6.07) is 24.8. The van der Waals surface area contributed by atoms with E-state index in [2.05, 4.69) is 27.0 Å². The highest BCUT2D eigenvalue weighted by molar-refractivity contribution is 5.96. The number of nitrogen functional groups attached to an aromatic ring is 1. The van der Waals surface area contributed by atoms with Crippen molar-refractivity contribution < 1.29 is 14.7 Å². The van der Waals surface area contributed by atoms with Crippen LogP contribution in [0.2, 0.25) is 0 Å². The average Bonchev–Trinajstić information content (AvgIpc) is 3.47. The van der Waals surface area contributed by atoms with Gasteiger partial charge in [0.25, 0.3) is 5.91 Å². The lowest BCUT2D eigenvalue weighted by molar-refractivity contribution is 0.0628. The van der Waals surface area contributed by atoms with E-state index in [-0.39, 0.29) is 22.8 Å². The monoisotopic (exact) mass is 626 g/mol. The number of benzene rings is 2. The molecule has 6 aromatic rings. The number of nitrogens with two attached hydrogens (primary N) is 1. The van der Waals surface area contributed by atoms with E-state index in [0.717, 1.165) is 11.3 Å². The SMILES string of the molecule is Nc1ncccc1-c1nc2ccc(-c3cccc(=O)[nH]3)nc2n1-c1ccc(CN2CCN(C(=O)c3ccc(C=O)c(O)c3)CC2)cc1. The maximum Gasteiger partial charge on any atom is 0.254 e. The maximum absolute atomic E-state index is 13.0. The van der Waals surface area contributed by atoms with Gasteiger partial charge < -0.3 is 20.7 Å². The molecule has 47 heavy (non-hydrogen) atoms. The first-order chi connectivity index (χ1) is 22.9. The minimum Gasteiger partial charge on any atom is -0.507 e. The molecular weight excluding hydrogens is 596 g/mol. The Morgan fingerprint density at radius 2 is 1.74 bits per heavy atom. The molecule has 4 N–H and O–H groups in total. The second-order valence-electron chi connectivity index (χ2n) is 11.3. The zero-order valence-corrected chi connectivity index (χ0v) is 25.2. The van der Waals surface area contributed by atoms with Gasteiger partial charge in [-0.2, -0.15) is 0 Å². The topological polar surface area (TPSA) is 163 Å². The number of amides is 1. The van der Waals surface area contributed by atoms with Crippen molar-refractivity contribution >= 4 is 29.2 Å². The number of aromatic amines is 1. The minimum absolute atomic E-state index is 0.154. The molecule has 0 saturated carbocycles. The average molecular weight is 627 g/mol. The number of carbonyl (C=O) groups excluding carboxylic acids is 2. The van der Waals surface area contributed by atoms with Gasteiger partial charge in [0.15, 0.2) is 17.8 Å². The molecule has 0 atom stereocenters. The first-order valence-electron chi connectivity index (χ1n) is 15.1. The number of phenolic OH excluding ortho intramolecular Hbond substituents is 1. The van der Waals surface area contributed by atoms with E-state index in [1.807, 2.05) is 41.0 Å². The summed E-state index contributed by atoms with van der Waals surface area (Å²) in [5, 5.41) is 9.99. The maximum atomic E-state index is 13.0. The number of nitrogens with one attached hydrogen (secondary N) is 1. The van der Waals surface area contributed by atoms with Crippen LogP contribution in [0.5, 0.6) is 5.75 Å². The quantitative estimate of drug-likeness (QED) is 0.223. The lowest BCUT2D eigenvalue weighted by Crippen LogP contribution is -2.48. The van der Waals surface area contributed by atoms with Gasteiger partial charge in [0.2, 0.25) is 5.56 Å². The van der Waals surface area contributed by atoms with Crippen LogP contribution in [0.1, 0.15) is 26.3 Å². The van der Waals surface area contributed by atoms with E-state index in [1.165, 1.54) is 18.2 Å². The van der Waals surface area contributed by atoms with Gasteiger partial charge >= 0.3 is 0 Å². The number of piperazine rings is 1. The summed E-state index contributed by atoms with van der Waals surface area (Å²) < 4.78 is 1.95. The first kappa shape index (κ1) is 29.6. The van der Waals surface area contributed by atoms with Gasteiger partial charge in [0.1, 0.15) is 17.1 Å². The van der Waals surface area contributed by atoms with Crippen molar-refractivity contribution in [3.05, 3.63) is 118 Å². The summed E-state index contributed by atoms with van der Waals surface area (Å²) in [6.07, 6.45) is 2.19. The molecule has 0 aliphatic carbocycles. The normalized spacial score (nSPS) is 13.6. The Bertz CT molecular complexity index is 2180. The molecular formula is C35H30N8O4. The van der Waals surface area contributed by atoms with Crippen LogP contribution in [0.4, 0.5) is 5.82 Å². The highest BCUT2D eigenvalue weighted by Crippen LogP contribution is 2.31. The molecule has 1 amide bonds. The molecule has 0 bridgehead atoms. The number of nitrogens with zero attached hydrogens (tertiary/aromatic N) is 6. The van der Waals surface area contributed by atoms with Crippen molar-refractivity contribution in [2.24, 2.45) is 0 Å². The van der Waals surface area contributed by atoms with Crippen LogP contribution in [-0.2, 0) is 6.54 Å². The lowest BCUT2D eigenvalue weighted by Gasteiger charge is -2.34. The van der Waals surface area contributed by atoms with E-state index in [1.54, 1.807) is 29.3 Å². The van der Waals surface area contributed by atoms with Crippen LogP contribution in [0.3, 0.4) is 0 Å². The second kappa shape index (κ2) is 12.3. The van der Waals surface area contributed by atoms with Gasteiger partial charge in [-0.3, -0.25) is 23.9 Å². The predicted molar refractivity (Wildman–Crippen MR) is 177 cm³/mol. The largest absolute Gasteiger partial charge is 0.507 e. The van der Waals surface area contributed by atoms with Gasteiger partial charge in [-0.05, 0) is 66.2 Å². The van der Waals surface area contributed by atoms with Gasteiger partial charge in [-0.25, -0.2) is 15.0 Å². The molecule has 0 unspecified atom stereocenters. The number of fused-ring (bicyclic) bond motifs is 1. The Hall–Kier alpha value is -6.14. The van der Waals surface area contributed by atoms with Crippen LogP contribution in [-0.4, -0.2) is 77.8 Å². The summed E-state index contributed by atoms with van der Waals surface area (Å²) in [4.78, 5) is 56.9. The Kier molecular flexibility index (Phi) is 7.76. The predicted octanol–water partition coefficient (Wildman–Crippen LogP) is 3.90. The number of H-pyrrole nitrogens is 1. The minimum atomic E-state index is -0.212. The van der Waals surface area contributed by atoms with E-state index in [0.29, 0.717) is 84.3 Å². The van der Waals surface area contributed by atoms with Crippen molar-refractivity contribution in [1.82, 2.24) is 34.3 Å². The van der Waals surface area contributed by atoms with Gasteiger partial charge in [-0.1, -0.05) is 18.2 Å². The van der Waals surface area contributed by atoms with Crippen LogP contribution in [0.25, 0.3) is 39.6 Å². The van der Waals surface area contributed by atoms with Gasteiger partial charge in [-0.15, -0.1) is 0 Å². The number of pyridine rings is 3. The van der Waals surface area contributed by atoms with Crippen LogP contribution < -0.4 is 11.3 Å². The van der Waals surface area contributed by atoms with Crippen LogP contribution in [0.15, 0.2) is 95.9 Å². The Morgan fingerprint density at radius 1 is 0.936 bits per heavy atom. The summed E-state index contributed by atoms with van der Waals surface area (Å²) in [6.45, 7) is 3.18. The van der Waals surface area contributed by atoms with E-state index in [4.69, 9.17) is 15.7 Å². The number of imidazole rings is 1. The van der Waals surface area contributed by atoms with E-state index >= 15 is 0 Å². The third-order valence-electron chi connectivity index (χ3n) is 8.29. The van der Waals surface area contributed by atoms with Crippen molar-refractivity contribution in [2.45, 2.75) is 6.54 Å². The van der Waals surface area contributed by atoms with E-state index < -0.39 is 0 Å². The van der Waals surface area contributed by atoms with E-state index in [9.17, 15) is 19.5 Å². The number of rotatable bonds is 7. The number of hydrogen-bond donors (Lipinski definition) is 3. The number of phenols is 1. The van der Waals surface area contributed by atoms with Gasteiger partial charge in [0, 0.05) is 56.2 Å². The lowest BCUT2D eigenvalue weighted by atomic mass is 10.1. The molecule has 5 heterocycles. The third-order valence-corrected chi connectivity index (χ3v) is 8.29. The van der Waals surface area contributed by atoms with Crippen molar-refractivity contribution in [2.75, 3.05) is 31.9 Å². The number of carbonyl (C=O) groups is 2. The zero-order valence-electron chi connectivity index (χ0n) is 25.2. The van der Waals surface area contributed by atoms with Crippen LogP contribution >= 0.6 is 0 Å². The molecule has 234 valence electrons. The molecule has 2 aromatic carbocycles. The third kappa shape index (κ3) is 5.85.